The Morgan fingerprint density at radius 3 is 2.65 bits per heavy atom. The molecule has 5 nitrogen and oxygen atoms in total. The zero-order valence-corrected chi connectivity index (χ0v) is 15.8. The third-order valence-electron chi connectivity index (χ3n) is 3.72. The molecule has 2 heterocycles. The maximum Gasteiger partial charge on any atom is 0.209 e. The lowest BCUT2D eigenvalue weighted by atomic mass is 10.2. The Morgan fingerprint density at radius 2 is 1.85 bits per heavy atom. The van der Waals surface area contributed by atoms with Gasteiger partial charge < -0.3 is 5.32 Å². The molecule has 2 aromatic heterocycles. The first-order valence-corrected chi connectivity index (χ1v) is 10.0. The van der Waals surface area contributed by atoms with E-state index in [9.17, 15) is 0 Å². The van der Waals surface area contributed by atoms with E-state index in [1.165, 1.54) is 5.56 Å². The summed E-state index contributed by atoms with van der Waals surface area (Å²) in [6, 6.07) is 18.3. The number of aryl methyl sites for hydroxylation is 1. The van der Waals surface area contributed by atoms with Gasteiger partial charge in [-0.3, -0.25) is 5.10 Å². The summed E-state index contributed by atoms with van der Waals surface area (Å²) < 4.78 is 0. The van der Waals surface area contributed by atoms with E-state index in [2.05, 4.69) is 62.1 Å². The molecule has 0 fully saturated rings. The Morgan fingerprint density at radius 1 is 1.04 bits per heavy atom. The third-order valence-corrected chi connectivity index (χ3v) is 5.40. The fourth-order valence-electron chi connectivity index (χ4n) is 2.37. The number of aromatic amines is 1. The molecule has 0 saturated carbocycles. The second-order valence-electron chi connectivity index (χ2n) is 5.76. The highest BCUT2D eigenvalue weighted by atomic mass is 32.2. The lowest BCUT2D eigenvalue weighted by Gasteiger charge is -2.02. The van der Waals surface area contributed by atoms with Crippen molar-refractivity contribution in [2.24, 2.45) is 0 Å². The molecule has 0 aliphatic heterocycles. The van der Waals surface area contributed by atoms with E-state index in [0.717, 1.165) is 38.8 Å². The van der Waals surface area contributed by atoms with E-state index < -0.39 is 0 Å². The first-order chi connectivity index (χ1) is 12.8. The van der Waals surface area contributed by atoms with Crippen molar-refractivity contribution >= 4 is 33.9 Å². The average molecular weight is 380 g/mol. The monoisotopic (exact) mass is 379 g/mol. The van der Waals surface area contributed by atoms with Crippen LogP contribution in [0, 0.1) is 6.92 Å². The van der Waals surface area contributed by atoms with Crippen LogP contribution in [0.2, 0.25) is 0 Å². The molecule has 0 atom stereocenters. The number of H-pyrrole nitrogens is 1. The van der Waals surface area contributed by atoms with Crippen LogP contribution in [-0.2, 0) is 5.75 Å². The number of nitrogens with zero attached hydrogens (tertiary/aromatic N) is 3. The van der Waals surface area contributed by atoms with Gasteiger partial charge in [0.15, 0.2) is 11.0 Å². The van der Waals surface area contributed by atoms with Gasteiger partial charge in [0.25, 0.3) is 0 Å². The maximum absolute atomic E-state index is 4.63. The van der Waals surface area contributed by atoms with E-state index >= 15 is 0 Å². The van der Waals surface area contributed by atoms with E-state index in [1.54, 1.807) is 23.1 Å². The third kappa shape index (κ3) is 4.12. The Balaban J connectivity index is 1.36. The van der Waals surface area contributed by atoms with Crippen molar-refractivity contribution in [2.75, 3.05) is 5.32 Å². The van der Waals surface area contributed by atoms with Gasteiger partial charge in [-0.25, -0.2) is 9.97 Å². The van der Waals surface area contributed by atoms with Crippen LogP contribution < -0.4 is 5.32 Å². The zero-order valence-electron chi connectivity index (χ0n) is 14.1. The molecule has 0 aliphatic carbocycles. The molecule has 0 bridgehead atoms. The smallest absolute Gasteiger partial charge is 0.209 e. The van der Waals surface area contributed by atoms with Gasteiger partial charge in [0.05, 0.1) is 5.69 Å². The summed E-state index contributed by atoms with van der Waals surface area (Å²) in [4.78, 5) is 9.16. The summed E-state index contributed by atoms with van der Waals surface area (Å²) in [5, 5.41) is 14.3. The normalized spacial score (nSPS) is 10.8. The van der Waals surface area contributed by atoms with Crippen molar-refractivity contribution in [3.05, 3.63) is 71.2 Å². The Hall–Kier alpha value is -2.64. The van der Waals surface area contributed by atoms with Crippen LogP contribution in [0.3, 0.4) is 0 Å². The van der Waals surface area contributed by atoms with Crippen LogP contribution in [0.15, 0.2) is 65.1 Å². The Kier molecular flexibility index (Phi) is 4.99. The van der Waals surface area contributed by atoms with Gasteiger partial charge in [-0.2, -0.15) is 0 Å². The summed E-state index contributed by atoms with van der Waals surface area (Å²) in [6.45, 7) is 2.08. The van der Waals surface area contributed by atoms with Gasteiger partial charge in [-0.1, -0.05) is 59.8 Å². The van der Waals surface area contributed by atoms with Crippen molar-refractivity contribution in [3.8, 4) is 11.4 Å². The molecule has 2 N–H and O–H groups in total. The predicted octanol–water partition coefficient (Wildman–Crippen LogP) is 5.27. The number of thiazole rings is 1. The lowest BCUT2D eigenvalue weighted by molar-refractivity contribution is 0.972. The van der Waals surface area contributed by atoms with Crippen molar-refractivity contribution < 1.29 is 0 Å². The molecule has 0 spiro atoms. The number of rotatable bonds is 6. The number of anilines is 2. The molecule has 0 amide bonds. The van der Waals surface area contributed by atoms with Crippen LogP contribution in [0.25, 0.3) is 11.4 Å². The minimum atomic E-state index is 0.727. The number of nitrogens with one attached hydrogen (secondary N) is 2. The molecule has 7 heteroatoms. The highest BCUT2D eigenvalue weighted by Crippen LogP contribution is 2.26. The molecule has 26 heavy (non-hydrogen) atoms. The number of hydrogen-bond donors (Lipinski definition) is 2. The molecule has 4 rings (SSSR count). The van der Waals surface area contributed by atoms with E-state index in [1.807, 2.05) is 30.3 Å². The van der Waals surface area contributed by atoms with Gasteiger partial charge in [0.2, 0.25) is 5.16 Å². The average Bonchev–Trinajstić information content (AvgIpc) is 3.32. The highest BCUT2D eigenvalue weighted by molar-refractivity contribution is 7.98. The molecular formula is C19H17N5S2. The van der Waals surface area contributed by atoms with Crippen molar-refractivity contribution in [3.63, 3.8) is 0 Å². The van der Waals surface area contributed by atoms with Gasteiger partial charge in [-0.05, 0) is 19.1 Å². The number of thioether (sulfide) groups is 1. The quantitative estimate of drug-likeness (QED) is 0.447. The molecule has 2 aromatic carbocycles. The largest absolute Gasteiger partial charge is 0.332 e. The number of aromatic nitrogens is 4. The summed E-state index contributed by atoms with van der Waals surface area (Å²) in [5.74, 6) is 1.52. The topological polar surface area (TPSA) is 66.5 Å². The van der Waals surface area contributed by atoms with Crippen molar-refractivity contribution in [1.29, 1.82) is 0 Å². The summed E-state index contributed by atoms with van der Waals surface area (Å²) in [6.07, 6.45) is 0. The summed E-state index contributed by atoms with van der Waals surface area (Å²) >= 11 is 3.18. The first-order valence-electron chi connectivity index (χ1n) is 8.15. The molecule has 0 radical (unpaired) electrons. The van der Waals surface area contributed by atoms with Gasteiger partial charge in [-0.15, -0.1) is 16.4 Å². The fraction of sp³-hybridized carbons (Fsp3) is 0.105. The molecule has 0 unspecified atom stereocenters. The molecule has 4 aromatic rings. The maximum atomic E-state index is 4.63. The number of hydrogen-bond acceptors (Lipinski definition) is 6. The van der Waals surface area contributed by atoms with E-state index in [0.29, 0.717) is 0 Å². The predicted molar refractivity (Wildman–Crippen MR) is 108 cm³/mol. The zero-order chi connectivity index (χ0) is 17.8. The standard InChI is InChI=1S/C19H17N5S2/c1-13-7-9-15(10-8-13)20-18-21-16(11-25-18)12-26-19-22-17(23-24-19)14-5-3-2-4-6-14/h2-11H,12H2,1H3,(H,20,21)(H,22,23,24). The number of benzene rings is 2. The summed E-state index contributed by atoms with van der Waals surface area (Å²) in [5.41, 5.74) is 4.34. The molecule has 0 aliphatic rings. The Bertz CT molecular complexity index is 977. The van der Waals surface area contributed by atoms with Crippen molar-refractivity contribution in [2.45, 2.75) is 17.8 Å². The van der Waals surface area contributed by atoms with Crippen LogP contribution in [-0.4, -0.2) is 20.2 Å². The van der Waals surface area contributed by atoms with Crippen LogP contribution in [0.1, 0.15) is 11.3 Å². The van der Waals surface area contributed by atoms with E-state index in [-0.39, 0.29) is 0 Å². The first kappa shape index (κ1) is 16.8. The summed E-state index contributed by atoms with van der Waals surface area (Å²) in [7, 11) is 0. The van der Waals surface area contributed by atoms with Crippen LogP contribution >= 0.6 is 23.1 Å². The SMILES string of the molecule is Cc1ccc(Nc2nc(CSc3n[nH]c(-c4ccccc4)n3)cs2)cc1. The lowest BCUT2D eigenvalue weighted by Crippen LogP contribution is -1.90. The Labute approximate surface area is 159 Å². The molecule has 0 saturated heterocycles. The second-order valence-corrected chi connectivity index (χ2v) is 7.56. The van der Waals surface area contributed by atoms with Gasteiger partial charge in [0, 0.05) is 22.4 Å². The van der Waals surface area contributed by atoms with Gasteiger partial charge >= 0.3 is 0 Å². The second kappa shape index (κ2) is 7.72. The molecule has 130 valence electrons. The minimum absolute atomic E-state index is 0.727. The van der Waals surface area contributed by atoms with Gasteiger partial charge in [0.1, 0.15) is 0 Å². The van der Waals surface area contributed by atoms with Crippen LogP contribution in [0.5, 0.6) is 0 Å². The highest BCUT2D eigenvalue weighted by Gasteiger charge is 2.08. The molecular weight excluding hydrogens is 362 g/mol. The van der Waals surface area contributed by atoms with E-state index in [4.69, 9.17) is 0 Å². The van der Waals surface area contributed by atoms with Crippen LogP contribution in [0.4, 0.5) is 10.8 Å². The fourth-order valence-corrected chi connectivity index (χ4v) is 3.89. The van der Waals surface area contributed by atoms with Crippen molar-refractivity contribution in [1.82, 2.24) is 20.2 Å². The minimum Gasteiger partial charge on any atom is -0.332 e.